The van der Waals surface area contributed by atoms with Gasteiger partial charge in [0.25, 0.3) is 5.91 Å². The zero-order valence-electron chi connectivity index (χ0n) is 15.2. The van der Waals surface area contributed by atoms with Gasteiger partial charge >= 0.3 is 5.97 Å². The number of nitrogens with zero attached hydrogens (tertiary/aromatic N) is 3. The number of fused-ring (bicyclic) bond motifs is 2. The summed E-state index contributed by atoms with van der Waals surface area (Å²) in [5, 5.41) is 19.2. The quantitative estimate of drug-likeness (QED) is 0.749. The van der Waals surface area contributed by atoms with Gasteiger partial charge in [-0.25, -0.2) is 4.79 Å². The zero-order chi connectivity index (χ0) is 19.3. The molecule has 3 aliphatic rings. The van der Waals surface area contributed by atoms with Crippen LogP contribution in [0.5, 0.6) is 0 Å². The fraction of sp³-hybridized carbons (Fsp3) is 0.526. The van der Waals surface area contributed by atoms with E-state index in [1.54, 1.807) is 24.0 Å². The molecule has 3 saturated heterocycles. The van der Waals surface area contributed by atoms with Crippen molar-refractivity contribution >= 4 is 17.8 Å². The summed E-state index contributed by atoms with van der Waals surface area (Å²) in [6.45, 7) is 4.21. The number of aliphatic hydroxyl groups is 1. The van der Waals surface area contributed by atoms with Crippen molar-refractivity contribution < 1.29 is 24.6 Å². The first-order valence-corrected chi connectivity index (χ1v) is 9.12. The van der Waals surface area contributed by atoms with Crippen LogP contribution in [0.1, 0.15) is 34.1 Å². The molecule has 2 amide bonds. The van der Waals surface area contributed by atoms with Crippen molar-refractivity contribution in [1.82, 2.24) is 14.7 Å². The number of hydrogen-bond acceptors (Lipinski definition) is 5. The normalized spacial score (nSPS) is 26.6. The fourth-order valence-corrected chi connectivity index (χ4v) is 4.71. The smallest absolute Gasteiger partial charge is 0.335 e. The van der Waals surface area contributed by atoms with Crippen molar-refractivity contribution in [2.45, 2.75) is 31.0 Å². The summed E-state index contributed by atoms with van der Waals surface area (Å²) in [5.74, 6) is -1.27. The lowest BCUT2D eigenvalue weighted by Gasteiger charge is -2.60. The van der Waals surface area contributed by atoms with Crippen molar-refractivity contribution in [3.63, 3.8) is 0 Å². The van der Waals surface area contributed by atoms with E-state index in [2.05, 4.69) is 4.90 Å². The van der Waals surface area contributed by atoms with E-state index in [9.17, 15) is 19.5 Å². The molecule has 2 N–H and O–H groups in total. The molecule has 1 spiro atoms. The first-order valence-electron chi connectivity index (χ1n) is 9.12. The molecular weight excluding hydrogens is 350 g/mol. The maximum atomic E-state index is 12.8. The number of amides is 2. The SMILES string of the molecule is CC(=O)N1C[C@@H]2C[C@@H](O)CN2C2(C1)CN(C(=O)c1cccc(C(=O)O)c1)C2. The Hall–Kier alpha value is -2.45. The number of carboxylic acid groups (broad SMARTS) is 1. The summed E-state index contributed by atoms with van der Waals surface area (Å²) in [7, 11) is 0. The molecule has 1 aromatic rings. The Labute approximate surface area is 157 Å². The third-order valence-corrected chi connectivity index (χ3v) is 5.98. The maximum Gasteiger partial charge on any atom is 0.335 e. The van der Waals surface area contributed by atoms with Crippen LogP contribution in [0.4, 0.5) is 0 Å². The molecule has 2 atom stereocenters. The van der Waals surface area contributed by atoms with Crippen molar-refractivity contribution in [2.75, 3.05) is 32.7 Å². The molecule has 3 fully saturated rings. The van der Waals surface area contributed by atoms with Crippen molar-refractivity contribution in [1.29, 1.82) is 0 Å². The third kappa shape index (κ3) is 2.98. The fourth-order valence-electron chi connectivity index (χ4n) is 4.71. The molecule has 0 aliphatic carbocycles. The molecular formula is C19H23N3O5. The van der Waals surface area contributed by atoms with Crippen LogP contribution in [0.2, 0.25) is 0 Å². The van der Waals surface area contributed by atoms with E-state index < -0.39 is 12.1 Å². The Morgan fingerprint density at radius 1 is 1.07 bits per heavy atom. The Kier molecular flexibility index (Phi) is 4.20. The average Bonchev–Trinajstić information content (AvgIpc) is 2.98. The van der Waals surface area contributed by atoms with E-state index in [4.69, 9.17) is 5.11 Å². The van der Waals surface area contributed by atoms with Gasteiger partial charge in [0.2, 0.25) is 5.91 Å². The summed E-state index contributed by atoms with van der Waals surface area (Å²) < 4.78 is 0. The number of carbonyl (C=O) groups excluding carboxylic acids is 2. The Morgan fingerprint density at radius 2 is 1.74 bits per heavy atom. The number of aromatic carboxylic acids is 1. The van der Waals surface area contributed by atoms with E-state index in [0.717, 1.165) is 0 Å². The lowest BCUT2D eigenvalue weighted by molar-refractivity contribution is -0.144. The van der Waals surface area contributed by atoms with Crippen LogP contribution in [-0.2, 0) is 4.79 Å². The van der Waals surface area contributed by atoms with Crippen LogP contribution in [0, 0.1) is 0 Å². The molecule has 8 nitrogen and oxygen atoms in total. The molecule has 0 unspecified atom stereocenters. The number of aliphatic hydroxyl groups excluding tert-OH is 1. The summed E-state index contributed by atoms with van der Waals surface area (Å²) in [5.41, 5.74) is 0.104. The molecule has 0 aromatic heterocycles. The van der Waals surface area contributed by atoms with Gasteiger partial charge in [-0.3, -0.25) is 14.5 Å². The standard InChI is InChI=1S/C19H23N3O5/c1-12(23)20-7-15-6-16(24)8-22(15)19(9-20)10-21(11-19)17(25)13-3-2-4-14(5-13)18(26)27/h2-5,15-16,24H,6-11H2,1H3,(H,26,27)/t15-,16+/m0/s1. The number of rotatable bonds is 2. The zero-order valence-corrected chi connectivity index (χ0v) is 15.2. The van der Waals surface area contributed by atoms with E-state index in [1.807, 2.05) is 4.90 Å². The summed E-state index contributed by atoms with van der Waals surface area (Å²) >= 11 is 0. The second kappa shape index (κ2) is 6.31. The minimum Gasteiger partial charge on any atom is -0.478 e. The van der Waals surface area contributed by atoms with Gasteiger partial charge in [-0.1, -0.05) is 6.07 Å². The Bertz CT molecular complexity index is 804. The van der Waals surface area contributed by atoms with Gasteiger partial charge in [0, 0.05) is 51.3 Å². The maximum absolute atomic E-state index is 12.8. The minimum atomic E-state index is -1.07. The molecule has 0 bridgehead atoms. The largest absolute Gasteiger partial charge is 0.478 e. The molecule has 3 heterocycles. The molecule has 3 aliphatic heterocycles. The van der Waals surface area contributed by atoms with E-state index in [0.29, 0.717) is 44.7 Å². The number of β-amino-alcohol motifs (C(OH)–C–C–N with tert-alkyl or cyclic N) is 1. The van der Waals surface area contributed by atoms with Crippen LogP contribution >= 0.6 is 0 Å². The molecule has 27 heavy (non-hydrogen) atoms. The number of hydrogen-bond donors (Lipinski definition) is 2. The monoisotopic (exact) mass is 373 g/mol. The van der Waals surface area contributed by atoms with Crippen molar-refractivity contribution in [3.8, 4) is 0 Å². The Balaban J connectivity index is 1.52. The van der Waals surface area contributed by atoms with Crippen LogP contribution in [-0.4, -0.2) is 93.1 Å². The number of likely N-dealkylation sites (tertiary alicyclic amines) is 1. The van der Waals surface area contributed by atoms with Gasteiger partial charge < -0.3 is 20.0 Å². The van der Waals surface area contributed by atoms with E-state index in [1.165, 1.54) is 12.1 Å². The Morgan fingerprint density at radius 3 is 2.41 bits per heavy atom. The minimum absolute atomic E-state index is 0.00866. The molecule has 1 aromatic carbocycles. The highest BCUT2D eigenvalue weighted by molar-refractivity contribution is 5.98. The van der Waals surface area contributed by atoms with Gasteiger partial charge in [0.1, 0.15) is 0 Å². The molecule has 0 saturated carbocycles. The second-order valence-corrected chi connectivity index (χ2v) is 7.87. The van der Waals surface area contributed by atoms with Crippen LogP contribution in [0.25, 0.3) is 0 Å². The van der Waals surface area contributed by atoms with Crippen LogP contribution < -0.4 is 0 Å². The number of carboxylic acids is 1. The number of benzene rings is 1. The lowest BCUT2D eigenvalue weighted by Crippen LogP contribution is -2.79. The molecule has 144 valence electrons. The van der Waals surface area contributed by atoms with Gasteiger partial charge in [-0.2, -0.15) is 0 Å². The van der Waals surface area contributed by atoms with Gasteiger partial charge in [0.15, 0.2) is 0 Å². The van der Waals surface area contributed by atoms with Crippen molar-refractivity contribution in [3.05, 3.63) is 35.4 Å². The topological polar surface area (TPSA) is 101 Å². The third-order valence-electron chi connectivity index (χ3n) is 5.98. The average molecular weight is 373 g/mol. The van der Waals surface area contributed by atoms with Crippen LogP contribution in [0.3, 0.4) is 0 Å². The predicted octanol–water partition coefficient (Wildman–Crippen LogP) is -0.123. The highest BCUT2D eigenvalue weighted by atomic mass is 16.4. The first-order chi connectivity index (χ1) is 12.8. The summed E-state index contributed by atoms with van der Waals surface area (Å²) in [4.78, 5) is 41.6. The number of carbonyl (C=O) groups is 3. The van der Waals surface area contributed by atoms with Gasteiger partial charge in [-0.05, 0) is 24.6 Å². The molecule has 4 rings (SSSR count). The predicted molar refractivity (Wildman–Crippen MR) is 95.4 cm³/mol. The lowest BCUT2D eigenvalue weighted by atomic mass is 9.83. The summed E-state index contributed by atoms with van der Waals surface area (Å²) in [6.07, 6.45) is 0.232. The van der Waals surface area contributed by atoms with E-state index in [-0.39, 0.29) is 29.0 Å². The first kappa shape index (κ1) is 17.9. The van der Waals surface area contributed by atoms with Gasteiger partial charge in [-0.15, -0.1) is 0 Å². The van der Waals surface area contributed by atoms with Crippen LogP contribution in [0.15, 0.2) is 24.3 Å². The van der Waals surface area contributed by atoms with Crippen molar-refractivity contribution in [2.24, 2.45) is 0 Å². The number of piperazine rings is 1. The summed E-state index contributed by atoms with van der Waals surface area (Å²) in [6, 6.07) is 6.15. The van der Waals surface area contributed by atoms with E-state index >= 15 is 0 Å². The van der Waals surface area contributed by atoms with Gasteiger partial charge in [0.05, 0.1) is 17.2 Å². The molecule has 8 heteroatoms. The highest BCUT2D eigenvalue weighted by Crippen LogP contribution is 2.39. The molecule has 0 radical (unpaired) electrons. The highest BCUT2D eigenvalue weighted by Gasteiger charge is 2.57. The second-order valence-electron chi connectivity index (χ2n) is 7.87.